The summed E-state index contributed by atoms with van der Waals surface area (Å²) >= 11 is 0. The van der Waals surface area contributed by atoms with Crippen molar-refractivity contribution < 1.29 is 0 Å². The van der Waals surface area contributed by atoms with Gasteiger partial charge in [-0.3, -0.25) is 0 Å². The topological polar surface area (TPSA) is 227 Å². The number of benzene rings is 17. The maximum Gasteiger partial charge on any atom is 0.164 e. The Morgan fingerprint density at radius 1 is 0.147 bits per heavy atom. The first kappa shape index (κ1) is 80.2. The molecule has 0 spiro atoms. The van der Waals surface area contributed by atoms with Crippen LogP contribution < -0.4 is 0 Å². The van der Waals surface area contributed by atoms with Crippen LogP contribution in [0.3, 0.4) is 0 Å². The lowest BCUT2D eigenvalue weighted by Crippen LogP contribution is -2.03. The second kappa shape index (κ2) is 34.7. The van der Waals surface area contributed by atoms with Crippen LogP contribution in [0.4, 0.5) is 0 Å². The highest BCUT2D eigenvalue weighted by Crippen LogP contribution is 2.46. The Bertz CT molecular complexity index is 8080. The molecule has 0 saturated heterocycles. The van der Waals surface area contributed by atoms with E-state index in [0.717, 1.165) is 161 Å². The molecule has 18 heteroatoms. The Kier molecular flexibility index (Phi) is 20.5. The molecule has 0 unspecified atom stereocenters. The maximum absolute atomic E-state index is 10.6. The minimum atomic E-state index is 0.462. The highest BCUT2D eigenvalue weighted by molar-refractivity contribution is 6.14. The molecule has 0 amide bonds. The Labute approximate surface area is 780 Å². The third kappa shape index (κ3) is 15.4. The number of nitrogens with zero attached hydrogens (tertiary/aromatic N) is 18. The third-order valence-corrected chi connectivity index (χ3v) is 24.4. The van der Waals surface area contributed by atoms with Crippen LogP contribution in [-0.2, 0) is 0 Å². The zero-order valence-electron chi connectivity index (χ0n) is 72.6. The van der Waals surface area contributed by atoms with Crippen molar-refractivity contribution in [1.82, 2.24) is 83.9 Å². The van der Waals surface area contributed by atoms with Crippen molar-refractivity contribution in [3.63, 3.8) is 0 Å². The molecular weight excluding hydrogens is 1670 g/mol. The summed E-state index contributed by atoms with van der Waals surface area (Å²) in [5.41, 5.74) is 21.3. The van der Waals surface area contributed by atoms with Crippen molar-refractivity contribution >= 4 is 43.6 Å². The van der Waals surface area contributed by atoms with Crippen LogP contribution in [0.1, 0.15) is 5.56 Å². The molecule has 0 aliphatic rings. The number of rotatable bonds is 19. The minimum absolute atomic E-state index is 0.462. The van der Waals surface area contributed by atoms with E-state index in [-0.39, 0.29) is 0 Å². The SMILES string of the molecule is N#Cc1ccc(-c2cc(-c3cc(-c4nc(-c5ccccc5)nc(-c5ccccc5)n4)ccc3-n3c4ccc(-c5nc(-c6ccccc6)nc(-c6ccccc6)n5)cc4c4cc(-c5nc(-c6ccccc6)nc(-c6ccccc6)n5)ccc43)ccc2-n2c3ccc(-c4nc(-c5ccccc5)nc(-c5ccccc5)n4)cc3c3cc(-c4nc(-c5ccccc5)nc(-c5ccccc5)n4)ccc32)cc1. The van der Waals surface area contributed by atoms with Crippen molar-refractivity contribution in [3.05, 3.63) is 442 Å². The summed E-state index contributed by atoms with van der Waals surface area (Å²) in [4.78, 5) is 78.9. The van der Waals surface area contributed by atoms with Crippen molar-refractivity contribution in [2.45, 2.75) is 0 Å². The first-order chi connectivity index (χ1) is 67.3. The highest BCUT2D eigenvalue weighted by Gasteiger charge is 2.28. The Hall–Kier alpha value is -19.1. The number of aromatic nitrogens is 17. The molecule has 18 nitrogen and oxygen atoms in total. The smallest absolute Gasteiger partial charge is 0.164 e. The Morgan fingerprint density at radius 2 is 0.309 bits per heavy atom. The molecule has 24 aromatic rings. The quantitative estimate of drug-likeness (QED) is 0.0733. The molecule has 0 aliphatic heterocycles. The van der Waals surface area contributed by atoms with Gasteiger partial charge in [0.05, 0.1) is 45.1 Å². The van der Waals surface area contributed by atoms with Gasteiger partial charge in [0.15, 0.2) is 87.4 Å². The molecule has 0 N–H and O–H groups in total. The summed E-state index contributed by atoms with van der Waals surface area (Å²) in [6, 6.07) is 150. The summed E-state index contributed by atoms with van der Waals surface area (Å²) in [5.74, 6) is 7.76. The molecule has 136 heavy (non-hydrogen) atoms. The summed E-state index contributed by atoms with van der Waals surface area (Å²) in [6.45, 7) is 0. The zero-order chi connectivity index (χ0) is 90.4. The molecule has 0 atom stereocenters. The van der Waals surface area contributed by atoms with Gasteiger partial charge in [-0.1, -0.05) is 322 Å². The molecule has 7 heterocycles. The van der Waals surface area contributed by atoms with Crippen molar-refractivity contribution in [2.24, 2.45) is 0 Å². The van der Waals surface area contributed by atoms with Gasteiger partial charge in [0, 0.05) is 116 Å². The van der Waals surface area contributed by atoms with Crippen molar-refractivity contribution in [1.29, 1.82) is 5.26 Å². The van der Waals surface area contributed by atoms with E-state index in [2.05, 4.69) is 124 Å². The highest BCUT2D eigenvalue weighted by atomic mass is 15.1. The normalized spacial score (nSPS) is 11.4. The lowest BCUT2D eigenvalue weighted by Gasteiger charge is -2.19. The molecule has 0 bridgehead atoms. The monoisotopic (exact) mass is 1740 g/mol. The van der Waals surface area contributed by atoms with Crippen LogP contribution in [0, 0.1) is 11.3 Å². The van der Waals surface area contributed by atoms with Gasteiger partial charge in [0.25, 0.3) is 0 Å². The molecule has 0 fully saturated rings. The fourth-order valence-corrected chi connectivity index (χ4v) is 17.8. The Morgan fingerprint density at radius 3 is 0.515 bits per heavy atom. The van der Waals surface area contributed by atoms with Crippen LogP contribution in [0.15, 0.2) is 437 Å². The van der Waals surface area contributed by atoms with Gasteiger partial charge >= 0.3 is 0 Å². The summed E-state index contributed by atoms with van der Waals surface area (Å²) < 4.78 is 4.68. The Balaban J connectivity index is 0.762. The molecule has 634 valence electrons. The van der Waals surface area contributed by atoms with E-state index in [1.807, 2.05) is 328 Å². The summed E-state index contributed by atoms with van der Waals surface area (Å²) in [6.07, 6.45) is 0. The fraction of sp³-hybridized carbons (Fsp3) is 0. The largest absolute Gasteiger partial charge is 0.309 e. The van der Waals surface area contributed by atoms with Crippen molar-refractivity contribution in [2.75, 3.05) is 0 Å². The van der Waals surface area contributed by atoms with E-state index >= 15 is 0 Å². The molecule has 7 aromatic heterocycles. The van der Waals surface area contributed by atoms with Crippen molar-refractivity contribution in [3.8, 4) is 211 Å². The maximum atomic E-state index is 10.6. The third-order valence-electron chi connectivity index (χ3n) is 24.4. The second-order valence-corrected chi connectivity index (χ2v) is 32.9. The first-order valence-electron chi connectivity index (χ1n) is 44.6. The summed E-state index contributed by atoms with van der Waals surface area (Å²) in [5, 5.41) is 14.2. The lowest BCUT2D eigenvalue weighted by molar-refractivity contribution is 1.07. The van der Waals surface area contributed by atoms with E-state index in [0.29, 0.717) is 92.9 Å². The molecule has 0 aliphatic carbocycles. The molecule has 0 saturated carbocycles. The van der Waals surface area contributed by atoms with E-state index in [1.165, 1.54) is 0 Å². The molecule has 24 rings (SSSR count). The average Bonchev–Trinajstić information content (AvgIpc) is 1.56. The molecule has 17 aromatic carbocycles. The van der Waals surface area contributed by atoms with Crippen LogP contribution >= 0.6 is 0 Å². The van der Waals surface area contributed by atoms with E-state index < -0.39 is 0 Å². The number of hydrogen-bond donors (Lipinski definition) is 0. The molecule has 0 radical (unpaired) electrons. The fourth-order valence-electron chi connectivity index (χ4n) is 17.8. The van der Waals surface area contributed by atoms with E-state index in [4.69, 9.17) is 74.8 Å². The van der Waals surface area contributed by atoms with Crippen LogP contribution in [-0.4, -0.2) is 83.9 Å². The number of nitriles is 1. The first-order valence-corrected chi connectivity index (χ1v) is 44.6. The van der Waals surface area contributed by atoms with Gasteiger partial charge in [-0.15, -0.1) is 0 Å². The van der Waals surface area contributed by atoms with Gasteiger partial charge in [0.2, 0.25) is 0 Å². The van der Waals surface area contributed by atoms with Crippen LogP contribution in [0.2, 0.25) is 0 Å². The van der Waals surface area contributed by atoms with E-state index in [1.54, 1.807) is 0 Å². The zero-order valence-corrected chi connectivity index (χ0v) is 72.6. The summed E-state index contributed by atoms with van der Waals surface area (Å²) in [7, 11) is 0. The van der Waals surface area contributed by atoms with Gasteiger partial charge in [0.1, 0.15) is 0 Å². The second-order valence-electron chi connectivity index (χ2n) is 32.9. The standard InChI is InChI=1S/C118H72N18/c119-73-74-51-53-75(54-52-74)92-67-86(55-61-98(92)135-100-63-57-88(115-127-106(78-35-15-3-16-36-78)121-107(128-115)79-37-17-4-18-38-79)69-94(100)95-70-89(58-64-101(95)135)116-129-108(80-39-19-5-20-40-80)122-109(130-116)81-41-21-6-22-42-81)93-68-87(114-125-104(76-31-11-1-12-32-76)120-105(126-114)77-33-13-2-14-34-77)56-62-99(93)136-102-65-59-90(117-131-110(82-43-23-7-24-44-82)123-111(132-117)83-45-25-8-26-46-83)71-96(102)97-72-91(60-66-103(97)136)118-133-112(84-47-27-9-28-48-84)124-113(134-118)85-49-29-10-30-50-85/h1-72H. The average molecular weight is 1740 g/mol. The number of hydrogen-bond acceptors (Lipinski definition) is 16. The van der Waals surface area contributed by atoms with Gasteiger partial charge in [-0.05, 0) is 126 Å². The number of fused-ring (bicyclic) bond motifs is 6. The van der Waals surface area contributed by atoms with Crippen LogP contribution in [0.25, 0.3) is 248 Å². The van der Waals surface area contributed by atoms with Crippen LogP contribution in [0.5, 0.6) is 0 Å². The predicted molar refractivity (Wildman–Crippen MR) is 539 cm³/mol. The van der Waals surface area contributed by atoms with Gasteiger partial charge in [-0.2, -0.15) is 5.26 Å². The predicted octanol–water partition coefficient (Wildman–Crippen LogP) is 27.0. The minimum Gasteiger partial charge on any atom is -0.309 e. The van der Waals surface area contributed by atoms with E-state index in [9.17, 15) is 5.26 Å². The molecular formula is C118H72N18. The lowest BCUT2D eigenvalue weighted by atomic mass is 9.94. The van der Waals surface area contributed by atoms with Gasteiger partial charge in [-0.25, -0.2) is 74.8 Å². The van der Waals surface area contributed by atoms with Gasteiger partial charge < -0.3 is 9.13 Å².